The van der Waals surface area contributed by atoms with Gasteiger partial charge in [0.1, 0.15) is 18.6 Å². The highest BCUT2D eigenvalue weighted by Gasteiger charge is 2.24. The molecule has 3 aromatic heterocycles. The lowest BCUT2D eigenvalue weighted by Gasteiger charge is -2.22. The predicted octanol–water partition coefficient (Wildman–Crippen LogP) is 3.60. The van der Waals surface area contributed by atoms with Crippen molar-refractivity contribution in [1.29, 1.82) is 0 Å². The van der Waals surface area contributed by atoms with Crippen molar-refractivity contribution in [2.24, 2.45) is 0 Å². The summed E-state index contributed by atoms with van der Waals surface area (Å²) in [4.78, 5) is 26.6. The molecule has 1 aliphatic carbocycles. The average Bonchev–Trinajstić information content (AvgIpc) is 3.31. The van der Waals surface area contributed by atoms with E-state index in [1.165, 1.54) is 6.42 Å². The van der Waals surface area contributed by atoms with Gasteiger partial charge in [-0.2, -0.15) is 4.98 Å². The Balaban J connectivity index is 1.71. The Morgan fingerprint density at radius 1 is 1.21 bits per heavy atom. The number of aromatic nitrogens is 6. The Kier molecular flexibility index (Phi) is 5.69. The van der Waals surface area contributed by atoms with Gasteiger partial charge in [0.15, 0.2) is 5.65 Å². The van der Waals surface area contributed by atoms with Crippen LogP contribution in [-0.2, 0) is 11.5 Å². The summed E-state index contributed by atoms with van der Waals surface area (Å²) in [5.41, 5.74) is 1.38. The Morgan fingerprint density at radius 3 is 2.69 bits per heavy atom. The van der Waals surface area contributed by atoms with Crippen molar-refractivity contribution in [3.8, 4) is 5.95 Å². The molecular formula is C20H30N6O2Si. The van der Waals surface area contributed by atoms with Gasteiger partial charge >= 0.3 is 5.69 Å². The minimum absolute atomic E-state index is 0.0445. The number of imidazole rings is 2. The lowest BCUT2D eigenvalue weighted by molar-refractivity contribution is 0.0867. The molecular weight excluding hydrogens is 384 g/mol. The highest BCUT2D eigenvalue weighted by molar-refractivity contribution is 6.76. The fourth-order valence-corrected chi connectivity index (χ4v) is 4.63. The van der Waals surface area contributed by atoms with Crippen LogP contribution in [0, 0.1) is 0 Å². The molecule has 1 saturated carbocycles. The molecule has 8 nitrogen and oxygen atoms in total. The van der Waals surface area contributed by atoms with Gasteiger partial charge in [0.05, 0.1) is 6.20 Å². The molecule has 9 heteroatoms. The Hall–Kier alpha value is -2.26. The first-order valence-corrected chi connectivity index (χ1v) is 14.2. The van der Waals surface area contributed by atoms with Crippen molar-refractivity contribution in [1.82, 2.24) is 28.7 Å². The molecule has 0 N–H and O–H groups in total. The summed E-state index contributed by atoms with van der Waals surface area (Å²) < 4.78 is 11.2. The predicted molar refractivity (Wildman–Crippen MR) is 115 cm³/mol. The smallest absolute Gasteiger partial charge is 0.332 e. The van der Waals surface area contributed by atoms with Crippen molar-refractivity contribution >= 4 is 19.2 Å². The van der Waals surface area contributed by atoms with E-state index >= 15 is 0 Å². The molecule has 0 spiro atoms. The summed E-state index contributed by atoms with van der Waals surface area (Å²) in [6.07, 6.45) is 12.5. The summed E-state index contributed by atoms with van der Waals surface area (Å²) in [6.45, 7) is 7.88. The molecule has 1 aliphatic rings. The molecule has 29 heavy (non-hydrogen) atoms. The second-order valence-electron chi connectivity index (χ2n) is 9.07. The average molecular weight is 415 g/mol. The van der Waals surface area contributed by atoms with Crippen molar-refractivity contribution in [3.63, 3.8) is 0 Å². The highest BCUT2D eigenvalue weighted by atomic mass is 28.3. The van der Waals surface area contributed by atoms with Crippen LogP contribution in [0.4, 0.5) is 0 Å². The fourth-order valence-electron chi connectivity index (χ4n) is 3.88. The van der Waals surface area contributed by atoms with Crippen LogP contribution >= 0.6 is 0 Å². The van der Waals surface area contributed by atoms with Crippen LogP contribution in [-0.4, -0.2) is 43.3 Å². The zero-order valence-electron chi connectivity index (χ0n) is 17.5. The quantitative estimate of drug-likeness (QED) is 0.436. The molecule has 3 aromatic rings. The first-order valence-electron chi connectivity index (χ1n) is 10.5. The third-order valence-corrected chi connectivity index (χ3v) is 7.29. The first kappa shape index (κ1) is 20.0. The molecule has 0 atom stereocenters. The number of hydrogen-bond donors (Lipinski definition) is 0. The zero-order chi connectivity index (χ0) is 20.4. The minimum atomic E-state index is -1.17. The van der Waals surface area contributed by atoms with Crippen LogP contribution in [0.1, 0.15) is 38.1 Å². The molecule has 0 amide bonds. The number of ether oxygens (including phenoxy) is 1. The van der Waals surface area contributed by atoms with Gasteiger partial charge < -0.3 is 4.74 Å². The summed E-state index contributed by atoms with van der Waals surface area (Å²) in [6, 6.07) is 1.26. The van der Waals surface area contributed by atoms with E-state index in [2.05, 4.69) is 29.6 Å². The SMILES string of the molecule is C[Si](C)(C)CCOCn1c(=O)n(C2CCCCC2)c2nc(-n3ccnc3)ncc21. The second-order valence-corrected chi connectivity index (χ2v) is 14.7. The Labute approximate surface area is 171 Å². The maximum Gasteiger partial charge on any atom is 0.332 e. The van der Waals surface area contributed by atoms with E-state index in [0.29, 0.717) is 18.2 Å². The first-order chi connectivity index (χ1) is 13.9. The lowest BCUT2D eigenvalue weighted by Crippen LogP contribution is -2.30. The van der Waals surface area contributed by atoms with Crippen molar-refractivity contribution in [2.75, 3.05) is 6.61 Å². The minimum Gasteiger partial charge on any atom is -0.361 e. The topological polar surface area (TPSA) is 79.8 Å². The Morgan fingerprint density at radius 2 is 2.00 bits per heavy atom. The molecule has 3 heterocycles. The van der Waals surface area contributed by atoms with E-state index in [9.17, 15) is 4.79 Å². The highest BCUT2D eigenvalue weighted by Crippen LogP contribution is 2.29. The van der Waals surface area contributed by atoms with Crippen molar-refractivity contribution in [3.05, 3.63) is 35.4 Å². The van der Waals surface area contributed by atoms with Gasteiger partial charge in [0, 0.05) is 33.1 Å². The molecule has 4 rings (SSSR count). The third-order valence-electron chi connectivity index (χ3n) is 5.59. The van der Waals surface area contributed by atoms with Crippen LogP contribution in [0.5, 0.6) is 0 Å². The number of rotatable bonds is 7. The number of hydrogen-bond acceptors (Lipinski definition) is 5. The van der Waals surface area contributed by atoms with Crippen molar-refractivity contribution in [2.45, 2.75) is 70.6 Å². The molecule has 0 unspecified atom stereocenters. The fraction of sp³-hybridized carbons (Fsp3) is 0.600. The lowest BCUT2D eigenvalue weighted by atomic mass is 9.95. The number of nitrogens with zero attached hydrogens (tertiary/aromatic N) is 6. The van der Waals surface area contributed by atoms with Crippen LogP contribution < -0.4 is 5.69 Å². The van der Waals surface area contributed by atoms with Gasteiger partial charge in [0.25, 0.3) is 0 Å². The maximum absolute atomic E-state index is 13.3. The molecule has 1 fully saturated rings. The van der Waals surface area contributed by atoms with E-state index in [1.54, 1.807) is 34.1 Å². The van der Waals surface area contributed by atoms with Crippen LogP contribution in [0.15, 0.2) is 29.7 Å². The van der Waals surface area contributed by atoms with Crippen LogP contribution in [0.3, 0.4) is 0 Å². The standard InChI is InChI=1S/C20H30N6O2Si/c1-29(2,3)12-11-28-15-25-17-13-22-19(24-10-9-21-14-24)23-18(17)26(20(25)27)16-7-5-4-6-8-16/h9-10,13-14,16H,4-8,11-12,15H2,1-3H3. The van der Waals surface area contributed by atoms with Gasteiger partial charge in [-0.25, -0.2) is 14.8 Å². The van der Waals surface area contributed by atoms with Crippen LogP contribution in [0.2, 0.25) is 25.7 Å². The van der Waals surface area contributed by atoms with Crippen molar-refractivity contribution < 1.29 is 4.74 Å². The van der Waals surface area contributed by atoms with E-state index in [1.807, 2.05) is 4.57 Å². The number of fused-ring (bicyclic) bond motifs is 1. The van der Waals surface area contributed by atoms with E-state index in [-0.39, 0.29) is 18.5 Å². The van der Waals surface area contributed by atoms with Gasteiger partial charge in [-0.15, -0.1) is 0 Å². The van der Waals surface area contributed by atoms with Gasteiger partial charge in [-0.1, -0.05) is 38.9 Å². The molecule has 0 bridgehead atoms. The molecule has 0 radical (unpaired) electrons. The van der Waals surface area contributed by atoms with E-state index in [0.717, 1.165) is 37.2 Å². The van der Waals surface area contributed by atoms with Crippen LogP contribution in [0.25, 0.3) is 17.1 Å². The Bertz CT molecular complexity index is 1010. The van der Waals surface area contributed by atoms with E-state index in [4.69, 9.17) is 9.72 Å². The summed E-state index contributed by atoms with van der Waals surface area (Å²) >= 11 is 0. The van der Waals surface area contributed by atoms with Gasteiger partial charge in [-0.3, -0.25) is 13.7 Å². The van der Waals surface area contributed by atoms with Gasteiger partial charge in [0.2, 0.25) is 5.95 Å². The largest absolute Gasteiger partial charge is 0.361 e. The molecule has 0 saturated heterocycles. The monoisotopic (exact) mass is 414 g/mol. The zero-order valence-corrected chi connectivity index (χ0v) is 18.5. The summed E-state index contributed by atoms with van der Waals surface area (Å²) in [5, 5.41) is 0. The molecule has 0 aliphatic heterocycles. The summed E-state index contributed by atoms with van der Waals surface area (Å²) in [5.74, 6) is 0.524. The van der Waals surface area contributed by atoms with E-state index < -0.39 is 8.07 Å². The maximum atomic E-state index is 13.3. The second kappa shape index (κ2) is 8.23. The van der Waals surface area contributed by atoms with Gasteiger partial charge in [-0.05, 0) is 18.9 Å². The normalized spacial score (nSPS) is 16.0. The molecule has 0 aromatic carbocycles. The molecule has 156 valence electrons. The summed E-state index contributed by atoms with van der Waals surface area (Å²) in [7, 11) is -1.17. The third kappa shape index (κ3) is 4.35.